The molecular weight excluding hydrogens is 180 g/mol. The highest BCUT2D eigenvalue weighted by atomic mass is 79.9. The third-order valence-corrected chi connectivity index (χ3v) is 2.89. The molecule has 0 aromatic carbocycles. The molecule has 9 heavy (non-hydrogen) atoms. The first-order valence-electron chi connectivity index (χ1n) is 3.29. The summed E-state index contributed by atoms with van der Waals surface area (Å²) in [4.78, 5) is 0. The molecule has 0 unspecified atom stereocenters. The van der Waals surface area contributed by atoms with Crippen LogP contribution in [0.2, 0.25) is 0 Å². The Morgan fingerprint density at radius 2 is 2.00 bits per heavy atom. The van der Waals surface area contributed by atoms with E-state index in [0.29, 0.717) is 12.0 Å². The largest absolute Gasteiger partial charge is 0.396 e. The van der Waals surface area contributed by atoms with Gasteiger partial charge in [-0.15, -0.1) is 0 Å². The fourth-order valence-corrected chi connectivity index (χ4v) is 0.905. The van der Waals surface area contributed by atoms with Gasteiger partial charge < -0.3 is 5.11 Å². The number of rotatable bonds is 4. The zero-order chi connectivity index (χ0) is 7.33. The minimum Gasteiger partial charge on any atom is -0.396 e. The summed E-state index contributed by atoms with van der Waals surface area (Å²) in [5, 5.41) is 9.52. The number of aliphatic hydroxyl groups excluding tert-OH is 1. The Morgan fingerprint density at radius 1 is 1.44 bits per heavy atom. The SMILES string of the molecule is CC(C)(CBr)CCCO. The molecule has 0 atom stereocenters. The predicted octanol–water partition coefficient (Wildman–Crippen LogP) is 2.18. The summed E-state index contributed by atoms with van der Waals surface area (Å²) < 4.78 is 0. The molecule has 0 aromatic heterocycles. The van der Waals surface area contributed by atoms with Gasteiger partial charge in [0, 0.05) is 11.9 Å². The molecule has 0 heterocycles. The van der Waals surface area contributed by atoms with Gasteiger partial charge >= 0.3 is 0 Å². The van der Waals surface area contributed by atoms with Gasteiger partial charge in [-0.05, 0) is 18.3 Å². The van der Waals surface area contributed by atoms with Crippen molar-refractivity contribution in [2.45, 2.75) is 26.7 Å². The van der Waals surface area contributed by atoms with Crippen LogP contribution < -0.4 is 0 Å². The van der Waals surface area contributed by atoms with Gasteiger partial charge in [0.15, 0.2) is 0 Å². The van der Waals surface area contributed by atoms with Crippen molar-refractivity contribution in [2.75, 3.05) is 11.9 Å². The van der Waals surface area contributed by atoms with Gasteiger partial charge in [-0.25, -0.2) is 0 Å². The van der Waals surface area contributed by atoms with Crippen LogP contribution in [-0.2, 0) is 0 Å². The van der Waals surface area contributed by atoms with Gasteiger partial charge in [-0.1, -0.05) is 29.8 Å². The average molecular weight is 195 g/mol. The van der Waals surface area contributed by atoms with Crippen molar-refractivity contribution in [1.29, 1.82) is 0 Å². The number of aliphatic hydroxyl groups is 1. The normalized spacial score (nSPS) is 12.0. The number of hydrogen-bond donors (Lipinski definition) is 1. The standard InChI is InChI=1S/C7H15BrO/c1-7(2,6-8)4-3-5-9/h9H,3-6H2,1-2H3. The summed E-state index contributed by atoms with van der Waals surface area (Å²) in [6.45, 7) is 4.70. The van der Waals surface area contributed by atoms with Gasteiger partial charge in [0.1, 0.15) is 0 Å². The van der Waals surface area contributed by atoms with Gasteiger partial charge in [-0.3, -0.25) is 0 Å². The van der Waals surface area contributed by atoms with Crippen LogP contribution in [0.1, 0.15) is 26.7 Å². The Bertz CT molecular complexity index is 71.3. The maximum absolute atomic E-state index is 8.51. The third kappa shape index (κ3) is 4.91. The minimum atomic E-state index is 0.316. The number of hydrogen-bond acceptors (Lipinski definition) is 1. The van der Waals surface area contributed by atoms with Gasteiger partial charge in [0.05, 0.1) is 0 Å². The first-order chi connectivity index (χ1) is 4.12. The van der Waals surface area contributed by atoms with Crippen LogP contribution in [0.5, 0.6) is 0 Å². The van der Waals surface area contributed by atoms with Crippen molar-refractivity contribution in [3.63, 3.8) is 0 Å². The fraction of sp³-hybridized carbons (Fsp3) is 1.00. The Balaban J connectivity index is 3.33. The second-order valence-electron chi connectivity index (χ2n) is 3.13. The van der Waals surface area contributed by atoms with Crippen LogP contribution >= 0.6 is 15.9 Å². The molecule has 0 saturated carbocycles. The van der Waals surface area contributed by atoms with E-state index in [9.17, 15) is 0 Å². The van der Waals surface area contributed by atoms with Crippen molar-refractivity contribution >= 4 is 15.9 Å². The monoisotopic (exact) mass is 194 g/mol. The Hall–Kier alpha value is 0.440. The highest BCUT2D eigenvalue weighted by Gasteiger charge is 2.14. The molecule has 0 bridgehead atoms. The lowest BCUT2D eigenvalue weighted by molar-refractivity contribution is 0.254. The van der Waals surface area contributed by atoms with Crippen LogP contribution in [-0.4, -0.2) is 17.0 Å². The Labute approximate surface area is 65.6 Å². The van der Waals surface area contributed by atoms with E-state index in [2.05, 4.69) is 29.8 Å². The molecule has 56 valence electrons. The van der Waals surface area contributed by atoms with E-state index < -0.39 is 0 Å². The van der Waals surface area contributed by atoms with Crippen molar-refractivity contribution in [2.24, 2.45) is 5.41 Å². The topological polar surface area (TPSA) is 20.2 Å². The quantitative estimate of drug-likeness (QED) is 0.681. The average Bonchev–Trinajstić information content (AvgIpc) is 1.84. The molecule has 0 saturated heterocycles. The number of halogens is 1. The summed E-state index contributed by atoms with van der Waals surface area (Å²) in [5.74, 6) is 0. The zero-order valence-electron chi connectivity index (χ0n) is 6.15. The molecule has 1 N–H and O–H groups in total. The molecule has 0 aliphatic heterocycles. The second kappa shape index (κ2) is 4.29. The van der Waals surface area contributed by atoms with Gasteiger partial charge in [0.2, 0.25) is 0 Å². The third-order valence-electron chi connectivity index (χ3n) is 1.37. The molecule has 0 aliphatic rings. The van der Waals surface area contributed by atoms with Crippen LogP contribution in [0.25, 0.3) is 0 Å². The molecule has 1 nitrogen and oxygen atoms in total. The highest BCUT2D eigenvalue weighted by molar-refractivity contribution is 9.09. The van der Waals surface area contributed by atoms with E-state index in [1.54, 1.807) is 0 Å². The van der Waals surface area contributed by atoms with E-state index in [1.165, 1.54) is 0 Å². The molecule has 0 aromatic rings. The van der Waals surface area contributed by atoms with Crippen molar-refractivity contribution in [3.8, 4) is 0 Å². The Morgan fingerprint density at radius 3 is 2.33 bits per heavy atom. The molecule has 0 amide bonds. The van der Waals surface area contributed by atoms with Crippen LogP contribution in [0.4, 0.5) is 0 Å². The lowest BCUT2D eigenvalue weighted by Gasteiger charge is -2.20. The first kappa shape index (κ1) is 9.44. The molecule has 0 aliphatic carbocycles. The minimum absolute atomic E-state index is 0.316. The summed E-state index contributed by atoms with van der Waals surface area (Å²) >= 11 is 3.42. The second-order valence-corrected chi connectivity index (χ2v) is 3.69. The van der Waals surface area contributed by atoms with Crippen LogP contribution in [0.3, 0.4) is 0 Å². The molecule has 0 fully saturated rings. The van der Waals surface area contributed by atoms with Crippen LogP contribution in [0.15, 0.2) is 0 Å². The maximum atomic E-state index is 8.51. The van der Waals surface area contributed by atoms with E-state index in [1.807, 2.05) is 0 Å². The van der Waals surface area contributed by atoms with Crippen molar-refractivity contribution < 1.29 is 5.11 Å². The molecule has 0 rings (SSSR count). The molecule has 0 radical (unpaired) electrons. The lowest BCUT2D eigenvalue weighted by atomic mass is 9.91. The summed E-state index contributed by atoms with van der Waals surface area (Å²) in [5.41, 5.74) is 0.350. The van der Waals surface area contributed by atoms with E-state index in [-0.39, 0.29) is 0 Å². The smallest absolute Gasteiger partial charge is 0.0431 e. The summed E-state index contributed by atoms with van der Waals surface area (Å²) in [6.07, 6.45) is 2.01. The maximum Gasteiger partial charge on any atom is 0.0431 e. The summed E-state index contributed by atoms with van der Waals surface area (Å²) in [7, 11) is 0. The molecular formula is C7H15BrO. The number of alkyl halides is 1. The van der Waals surface area contributed by atoms with Gasteiger partial charge in [-0.2, -0.15) is 0 Å². The van der Waals surface area contributed by atoms with Gasteiger partial charge in [0.25, 0.3) is 0 Å². The molecule has 0 spiro atoms. The van der Waals surface area contributed by atoms with E-state index in [4.69, 9.17) is 5.11 Å². The first-order valence-corrected chi connectivity index (χ1v) is 4.41. The van der Waals surface area contributed by atoms with E-state index >= 15 is 0 Å². The fourth-order valence-electron chi connectivity index (χ4n) is 0.624. The lowest BCUT2D eigenvalue weighted by Crippen LogP contribution is -2.13. The molecule has 2 heteroatoms. The van der Waals surface area contributed by atoms with Crippen LogP contribution in [0, 0.1) is 5.41 Å². The summed E-state index contributed by atoms with van der Waals surface area (Å²) in [6, 6.07) is 0. The highest BCUT2D eigenvalue weighted by Crippen LogP contribution is 2.23. The zero-order valence-corrected chi connectivity index (χ0v) is 7.74. The Kier molecular flexibility index (Phi) is 4.50. The van der Waals surface area contributed by atoms with Crippen molar-refractivity contribution in [1.82, 2.24) is 0 Å². The van der Waals surface area contributed by atoms with E-state index in [0.717, 1.165) is 18.2 Å². The van der Waals surface area contributed by atoms with Crippen molar-refractivity contribution in [3.05, 3.63) is 0 Å². The predicted molar refractivity (Wildman–Crippen MR) is 43.9 cm³/mol.